The number of benzene rings is 2. The molecule has 3 heterocycles. The van der Waals surface area contributed by atoms with E-state index in [4.69, 9.17) is 4.99 Å². The van der Waals surface area contributed by atoms with Crippen molar-refractivity contribution in [1.82, 2.24) is 14.5 Å². The molecule has 2 aromatic carbocycles. The lowest BCUT2D eigenvalue weighted by molar-refractivity contribution is 0.103. The molecule has 5 rings (SSSR count). The number of rotatable bonds is 6. The number of halogens is 1. The van der Waals surface area contributed by atoms with Crippen LogP contribution in [0.4, 0.5) is 10.1 Å². The lowest BCUT2D eigenvalue weighted by Gasteiger charge is -2.09. The number of hydrogen-bond donors (Lipinski definition) is 0. The van der Waals surface area contributed by atoms with Gasteiger partial charge in [0.15, 0.2) is 11.6 Å². The van der Waals surface area contributed by atoms with E-state index in [-0.39, 0.29) is 11.8 Å². The fraction of sp³-hybridized carbons (Fsp3) is 0.103. The molecule has 0 radical (unpaired) electrons. The van der Waals surface area contributed by atoms with Crippen LogP contribution in [0.15, 0.2) is 103 Å². The highest BCUT2D eigenvalue weighted by Crippen LogP contribution is 2.29. The van der Waals surface area contributed by atoms with Gasteiger partial charge in [0, 0.05) is 52.3 Å². The molecule has 0 atom stereocenters. The molecule has 35 heavy (non-hydrogen) atoms. The maximum atomic E-state index is 14.6. The zero-order chi connectivity index (χ0) is 24.4. The summed E-state index contributed by atoms with van der Waals surface area (Å²) in [4.78, 5) is 26.7. The molecular weight excluding hydrogens is 439 g/mol. The summed E-state index contributed by atoms with van der Waals surface area (Å²) in [7, 11) is 0. The Balaban J connectivity index is 1.60. The minimum atomic E-state index is -0.456. The molecule has 0 fully saturated rings. The van der Waals surface area contributed by atoms with Gasteiger partial charge in [-0.25, -0.2) is 9.38 Å². The van der Waals surface area contributed by atoms with Crippen molar-refractivity contribution in [1.29, 1.82) is 0 Å². The van der Waals surface area contributed by atoms with Crippen LogP contribution in [0.1, 0.15) is 46.9 Å². The van der Waals surface area contributed by atoms with Gasteiger partial charge >= 0.3 is 0 Å². The maximum absolute atomic E-state index is 14.6. The lowest BCUT2D eigenvalue weighted by atomic mass is 10.0. The molecule has 0 bridgehead atoms. The Morgan fingerprint density at radius 3 is 2.11 bits per heavy atom. The van der Waals surface area contributed by atoms with Crippen LogP contribution in [-0.4, -0.2) is 26.0 Å². The van der Waals surface area contributed by atoms with Gasteiger partial charge in [0.1, 0.15) is 0 Å². The summed E-state index contributed by atoms with van der Waals surface area (Å²) in [6.45, 7) is 3.89. The van der Waals surface area contributed by atoms with E-state index < -0.39 is 5.82 Å². The summed E-state index contributed by atoms with van der Waals surface area (Å²) in [5, 5.41) is 0.479. The van der Waals surface area contributed by atoms with Gasteiger partial charge in [0.25, 0.3) is 0 Å². The van der Waals surface area contributed by atoms with Gasteiger partial charge in [-0.3, -0.25) is 14.8 Å². The highest BCUT2D eigenvalue weighted by molar-refractivity contribution is 6.17. The van der Waals surface area contributed by atoms with Crippen LogP contribution in [0, 0.1) is 5.82 Å². The third-order valence-electron chi connectivity index (χ3n) is 5.81. The van der Waals surface area contributed by atoms with E-state index in [1.54, 1.807) is 23.0 Å². The summed E-state index contributed by atoms with van der Waals surface area (Å²) < 4.78 is 16.4. The molecule has 0 aliphatic carbocycles. The largest absolute Gasteiger partial charge is 0.342 e. The van der Waals surface area contributed by atoms with Gasteiger partial charge in [-0.05, 0) is 19.9 Å². The molecule has 0 saturated carbocycles. The van der Waals surface area contributed by atoms with Gasteiger partial charge in [0.05, 0.1) is 29.3 Å². The van der Waals surface area contributed by atoms with Crippen LogP contribution in [0.25, 0.3) is 10.9 Å². The quantitative estimate of drug-likeness (QED) is 0.212. The van der Waals surface area contributed by atoms with E-state index in [1.165, 1.54) is 18.6 Å². The fourth-order valence-electron chi connectivity index (χ4n) is 4.13. The van der Waals surface area contributed by atoms with Gasteiger partial charge in [-0.2, -0.15) is 0 Å². The summed E-state index contributed by atoms with van der Waals surface area (Å²) >= 11 is 0. The van der Waals surface area contributed by atoms with Crippen molar-refractivity contribution in [2.24, 2.45) is 4.99 Å². The molecule has 0 spiro atoms. The normalized spacial score (nSPS) is 11.1. The van der Waals surface area contributed by atoms with Gasteiger partial charge in [-0.1, -0.05) is 60.7 Å². The Kier molecular flexibility index (Phi) is 6.02. The molecular formula is C29H23FN4O. The zero-order valence-corrected chi connectivity index (χ0v) is 19.4. The van der Waals surface area contributed by atoms with Crippen molar-refractivity contribution in [3.8, 4) is 0 Å². The second-order valence-electron chi connectivity index (χ2n) is 8.51. The van der Waals surface area contributed by atoms with Crippen LogP contribution < -0.4 is 0 Å². The zero-order valence-electron chi connectivity index (χ0n) is 19.4. The first-order chi connectivity index (χ1) is 17.0. The van der Waals surface area contributed by atoms with E-state index in [0.717, 1.165) is 16.8 Å². The second kappa shape index (κ2) is 9.43. The predicted molar refractivity (Wildman–Crippen MR) is 136 cm³/mol. The summed E-state index contributed by atoms with van der Waals surface area (Å²) in [6, 6.07) is 21.4. The first-order valence-electron chi connectivity index (χ1n) is 11.4. The van der Waals surface area contributed by atoms with E-state index in [1.807, 2.05) is 74.5 Å². The number of fused-ring (bicyclic) bond motifs is 1. The Labute approximate surface area is 202 Å². The van der Waals surface area contributed by atoms with Gasteiger partial charge in [0.2, 0.25) is 0 Å². The first-order valence-corrected chi connectivity index (χ1v) is 11.4. The van der Waals surface area contributed by atoms with Crippen molar-refractivity contribution in [3.63, 3.8) is 0 Å². The number of carbonyl (C=O) groups excluding carboxylic acids is 1. The van der Waals surface area contributed by atoms with E-state index >= 15 is 0 Å². The minimum absolute atomic E-state index is 0.0238. The topological polar surface area (TPSA) is 60.1 Å². The number of aromatic nitrogens is 3. The highest BCUT2D eigenvalue weighted by atomic mass is 19.1. The number of hydrogen-bond acceptors (Lipinski definition) is 4. The molecule has 0 aliphatic heterocycles. The molecule has 0 aliphatic rings. The number of aliphatic imine (C=N–C) groups is 1. The summed E-state index contributed by atoms with van der Waals surface area (Å²) in [5.41, 5.74) is 4.37. The van der Waals surface area contributed by atoms with Crippen LogP contribution >= 0.6 is 0 Å². The third kappa shape index (κ3) is 4.38. The molecule has 5 nitrogen and oxygen atoms in total. The van der Waals surface area contributed by atoms with Crippen molar-refractivity contribution in [2.45, 2.75) is 19.9 Å². The van der Waals surface area contributed by atoms with Crippen molar-refractivity contribution < 1.29 is 9.18 Å². The molecule has 0 saturated heterocycles. The Morgan fingerprint density at radius 2 is 1.49 bits per heavy atom. The molecule has 6 heteroatoms. The monoisotopic (exact) mass is 462 g/mol. The van der Waals surface area contributed by atoms with Crippen molar-refractivity contribution >= 4 is 28.1 Å². The Hall–Kier alpha value is -4.45. The average molecular weight is 463 g/mol. The molecule has 0 unspecified atom stereocenters. The Morgan fingerprint density at radius 1 is 0.857 bits per heavy atom. The predicted octanol–water partition coefficient (Wildman–Crippen LogP) is 6.55. The SMILES string of the molecule is CC(C)n1cc(C(=O)c2cncc(N=C(c3ccccc3)c3ccccc3)c2)c2cncc(F)c21. The van der Waals surface area contributed by atoms with Crippen LogP contribution in [0.2, 0.25) is 0 Å². The Bertz CT molecular complexity index is 1500. The molecule has 0 N–H and O–H groups in total. The maximum Gasteiger partial charge on any atom is 0.196 e. The average Bonchev–Trinajstić information content (AvgIpc) is 3.29. The lowest BCUT2D eigenvalue weighted by Crippen LogP contribution is -2.04. The smallest absolute Gasteiger partial charge is 0.196 e. The number of pyridine rings is 2. The van der Waals surface area contributed by atoms with Crippen LogP contribution in [-0.2, 0) is 0 Å². The van der Waals surface area contributed by atoms with E-state index in [9.17, 15) is 9.18 Å². The van der Waals surface area contributed by atoms with Crippen LogP contribution in [0.5, 0.6) is 0 Å². The van der Waals surface area contributed by atoms with E-state index in [0.29, 0.717) is 27.7 Å². The van der Waals surface area contributed by atoms with Crippen molar-refractivity contribution in [2.75, 3.05) is 0 Å². The minimum Gasteiger partial charge on any atom is -0.342 e. The summed E-state index contributed by atoms with van der Waals surface area (Å²) in [6.07, 6.45) is 7.53. The number of nitrogens with zero attached hydrogens (tertiary/aromatic N) is 4. The van der Waals surface area contributed by atoms with Crippen LogP contribution in [0.3, 0.4) is 0 Å². The standard InChI is InChI=1S/C29H23FN4O/c1-19(2)34-18-25(24-16-32-17-26(30)28(24)34)29(35)22-13-23(15-31-14-22)33-27(20-9-5-3-6-10-20)21-11-7-4-8-12-21/h3-19H,1-2H3. The van der Waals surface area contributed by atoms with Crippen molar-refractivity contribution in [3.05, 3.63) is 126 Å². The first kappa shape index (κ1) is 22.3. The number of carbonyl (C=O) groups is 1. The molecule has 172 valence electrons. The molecule has 5 aromatic rings. The summed E-state index contributed by atoms with van der Waals surface area (Å²) in [5.74, 6) is -0.714. The molecule has 0 amide bonds. The molecule has 3 aromatic heterocycles. The van der Waals surface area contributed by atoms with Gasteiger partial charge in [-0.15, -0.1) is 0 Å². The van der Waals surface area contributed by atoms with Gasteiger partial charge < -0.3 is 4.57 Å². The second-order valence-corrected chi connectivity index (χ2v) is 8.51. The highest BCUT2D eigenvalue weighted by Gasteiger charge is 2.21. The fourth-order valence-corrected chi connectivity index (χ4v) is 4.13. The number of ketones is 1. The van der Waals surface area contributed by atoms with E-state index in [2.05, 4.69) is 9.97 Å². The third-order valence-corrected chi connectivity index (χ3v) is 5.81.